The third-order valence-electron chi connectivity index (χ3n) is 5.90. The zero-order valence-corrected chi connectivity index (χ0v) is 14.5. The molecule has 123 valence electrons. The van der Waals surface area contributed by atoms with Gasteiger partial charge in [-0.3, -0.25) is 4.68 Å². The van der Waals surface area contributed by atoms with Gasteiger partial charge in [0, 0.05) is 11.3 Å². The minimum atomic E-state index is 0.623. The summed E-state index contributed by atoms with van der Waals surface area (Å²) in [6.45, 7) is 2.23. The Morgan fingerprint density at radius 2 is 1.74 bits per heavy atom. The molecule has 0 amide bonds. The van der Waals surface area contributed by atoms with Gasteiger partial charge in [-0.15, -0.1) is 0 Å². The van der Waals surface area contributed by atoms with Crippen molar-refractivity contribution in [1.82, 2.24) is 9.78 Å². The van der Waals surface area contributed by atoms with Crippen LogP contribution in [-0.2, 0) is 6.42 Å². The van der Waals surface area contributed by atoms with Gasteiger partial charge in [0.25, 0.3) is 0 Å². The van der Waals surface area contributed by atoms with Crippen molar-refractivity contribution in [3.63, 3.8) is 0 Å². The molecule has 0 unspecified atom stereocenters. The smallest absolute Gasteiger partial charge is 0.0700 e. The van der Waals surface area contributed by atoms with Gasteiger partial charge in [-0.1, -0.05) is 57.6 Å². The van der Waals surface area contributed by atoms with Gasteiger partial charge in [0.2, 0.25) is 0 Å². The molecule has 1 aromatic carbocycles. The maximum Gasteiger partial charge on any atom is 0.0700 e. The van der Waals surface area contributed by atoms with Crippen LogP contribution in [0.4, 0.5) is 0 Å². The highest BCUT2D eigenvalue weighted by Crippen LogP contribution is 2.36. The Morgan fingerprint density at radius 1 is 1.00 bits per heavy atom. The lowest BCUT2D eigenvalue weighted by molar-refractivity contribution is 0.336. The maximum atomic E-state index is 5.03. The van der Waals surface area contributed by atoms with Crippen molar-refractivity contribution in [1.29, 1.82) is 0 Å². The zero-order valence-electron chi connectivity index (χ0n) is 14.5. The number of hydrogen-bond acceptors (Lipinski definition) is 1. The highest BCUT2D eigenvalue weighted by Gasteiger charge is 2.22. The highest BCUT2D eigenvalue weighted by atomic mass is 15.3. The minimum absolute atomic E-state index is 0.623. The van der Waals surface area contributed by atoms with Crippen molar-refractivity contribution in [3.05, 3.63) is 35.4 Å². The fourth-order valence-electron chi connectivity index (χ4n) is 4.56. The Hall–Kier alpha value is -1.31. The van der Waals surface area contributed by atoms with E-state index in [1.54, 1.807) is 5.92 Å². The molecule has 2 aliphatic carbocycles. The summed E-state index contributed by atoms with van der Waals surface area (Å²) in [6, 6.07) is 7.78. The van der Waals surface area contributed by atoms with Crippen LogP contribution in [0, 0.1) is 5.92 Å². The van der Waals surface area contributed by atoms with Crippen LogP contribution in [-0.4, -0.2) is 9.78 Å². The van der Waals surface area contributed by atoms with E-state index in [1.807, 2.05) is 0 Å². The molecule has 0 saturated heterocycles. The normalized spacial score (nSPS) is 21.1. The van der Waals surface area contributed by atoms with Crippen LogP contribution < -0.4 is 0 Å². The van der Waals surface area contributed by atoms with E-state index in [-0.39, 0.29) is 0 Å². The van der Waals surface area contributed by atoms with Crippen molar-refractivity contribution < 1.29 is 0 Å². The van der Waals surface area contributed by atoms with E-state index in [0.717, 1.165) is 6.42 Å². The number of nitrogens with zero attached hydrogens (tertiary/aromatic N) is 2. The predicted octanol–water partition coefficient (Wildman–Crippen LogP) is 5.99. The van der Waals surface area contributed by atoms with Gasteiger partial charge >= 0.3 is 0 Å². The number of fused-ring (bicyclic) bond motifs is 1. The van der Waals surface area contributed by atoms with E-state index in [9.17, 15) is 0 Å². The van der Waals surface area contributed by atoms with Gasteiger partial charge in [0.05, 0.1) is 17.3 Å². The van der Waals surface area contributed by atoms with Gasteiger partial charge in [0.1, 0.15) is 0 Å². The molecular weight excluding hydrogens is 280 g/mol. The molecule has 2 fully saturated rings. The average molecular weight is 309 g/mol. The monoisotopic (exact) mass is 309 g/mol. The Balaban J connectivity index is 1.74. The molecule has 0 bridgehead atoms. The molecule has 0 N–H and O–H groups in total. The number of rotatable bonds is 3. The molecule has 23 heavy (non-hydrogen) atoms. The molecule has 4 rings (SSSR count). The van der Waals surface area contributed by atoms with Crippen molar-refractivity contribution >= 4 is 10.9 Å². The fourth-order valence-corrected chi connectivity index (χ4v) is 4.56. The Kier molecular flexibility index (Phi) is 4.41. The van der Waals surface area contributed by atoms with Crippen molar-refractivity contribution in [2.45, 2.75) is 83.6 Å². The zero-order chi connectivity index (χ0) is 15.6. The summed E-state index contributed by atoms with van der Waals surface area (Å²) < 4.78 is 2.39. The second kappa shape index (κ2) is 6.67. The van der Waals surface area contributed by atoms with E-state index >= 15 is 0 Å². The van der Waals surface area contributed by atoms with E-state index in [0.29, 0.717) is 6.04 Å². The van der Waals surface area contributed by atoms with Gasteiger partial charge in [-0.05, 0) is 43.7 Å². The molecule has 1 aromatic heterocycles. The summed E-state index contributed by atoms with van der Waals surface area (Å²) in [6.07, 6.45) is 14.5. The first-order chi connectivity index (χ1) is 11.4. The number of benzene rings is 1. The second-order valence-corrected chi connectivity index (χ2v) is 7.43. The SMILES string of the molecule is CCc1nn(C2CCCCC2)c2cc([C]3CCCCC3)ccc12. The van der Waals surface area contributed by atoms with Gasteiger partial charge in [-0.2, -0.15) is 5.10 Å². The predicted molar refractivity (Wildman–Crippen MR) is 96.7 cm³/mol. The van der Waals surface area contributed by atoms with E-state index in [4.69, 9.17) is 5.10 Å². The first kappa shape index (κ1) is 15.2. The van der Waals surface area contributed by atoms with Crippen LogP contribution in [0.15, 0.2) is 18.2 Å². The van der Waals surface area contributed by atoms with Crippen molar-refractivity contribution in [3.8, 4) is 0 Å². The van der Waals surface area contributed by atoms with E-state index in [1.165, 1.54) is 86.4 Å². The fraction of sp³-hybridized carbons (Fsp3) is 0.619. The molecule has 2 aliphatic rings. The molecular formula is C21H29N2. The first-order valence-electron chi connectivity index (χ1n) is 9.73. The Labute approximate surface area is 140 Å². The summed E-state index contributed by atoms with van der Waals surface area (Å²) in [5, 5.41) is 6.41. The first-order valence-corrected chi connectivity index (χ1v) is 9.73. The molecule has 1 heterocycles. The molecule has 2 aromatic rings. The lowest BCUT2D eigenvalue weighted by Gasteiger charge is -2.24. The lowest BCUT2D eigenvalue weighted by atomic mass is 9.84. The van der Waals surface area contributed by atoms with Crippen molar-refractivity contribution in [2.75, 3.05) is 0 Å². The quantitative estimate of drug-likeness (QED) is 0.681. The molecule has 0 aliphatic heterocycles. The van der Waals surface area contributed by atoms with E-state index in [2.05, 4.69) is 29.8 Å². The number of hydrogen-bond donors (Lipinski definition) is 0. The molecule has 2 heteroatoms. The summed E-state index contributed by atoms with van der Waals surface area (Å²) in [7, 11) is 0. The molecule has 2 nitrogen and oxygen atoms in total. The van der Waals surface area contributed by atoms with Gasteiger partial charge < -0.3 is 0 Å². The van der Waals surface area contributed by atoms with Crippen molar-refractivity contribution in [2.24, 2.45) is 0 Å². The summed E-state index contributed by atoms with van der Waals surface area (Å²) in [5.41, 5.74) is 4.16. The minimum Gasteiger partial charge on any atom is -0.262 e. The Morgan fingerprint density at radius 3 is 2.48 bits per heavy atom. The standard InChI is InChI=1S/C21H29N2/c1-2-20-19-14-13-17(16-9-5-3-6-10-16)15-21(19)23(22-20)18-11-7-4-8-12-18/h13-15,18H,2-12H2,1H3. The number of aromatic nitrogens is 2. The lowest BCUT2D eigenvalue weighted by Crippen LogP contribution is -2.14. The second-order valence-electron chi connectivity index (χ2n) is 7.43. The van der Waals surface area contributed by atoms with Crippen LogP contribution in [0.2, 0.25) is 0 Å². The summed E-state index contributed by atoms with van der Waals surface area (Å²) in [5.74, 6) is 1.67. The third kappa shape index (κ3) is 2.93. The molecule has 2 saturated carbocycles. The molecule has 1 radical (unpaired) electrons. The van der Waals surface area contributed by atoms with Crippen LogP contribution in [0.25, 0.3) is 10.9 Å². The van der Waals surface area contributed by atoms with Crippen LogP contribution in [0.5, 0.6) is 0 Å². The third-order valence-corrected chi connectivity index (χ3v) is 5.90. The maximum absolute atomic E-state index is 5.03. The van der Waals surface area contributed by atoms with Crippen LogP contribution in [0.1, 0.15) is 88.4 Å². The highest BCUT2D eigenvalue weighted by molar-refractivity contribution is 5.83. The summed E-state index contributed by atoms with van der Waals surface area (Å²) in [4.78, 5) is 0. The molecule has 0 atom stereocenters. The van der Waals surface area contributed by atoms with Crippen LogP contribution >= 0.6 is 0 Å². The largest absolute Gasteiger partial charge is 0.262 e. The molecule has 0 spiro atoms. The average Bonchev–Trinajstić information content (AvgIpc) is 3.01. The van der Waals surface area contributed by atoms with Gasteiger partial charge in [0.15, 0.2) is 0 Å². The topological polar surface area (TPSA) is 17.8 Å². The van der Waals surface area contributed by atoms with E-state index < -0.39 is 0 Å². The number of aryl methyl sites for hydroxylation is 1. The van der Waals surface area contributed by atoms with Crippen LogP contribution in [0.3, 0.4) is 0 Å². The Bertz CT molecular complexity index is 658. The summed E-state index contributed by atoms with van der Waals surface area (Å²) >= 11 is 0. The van der Waals surface area contributed by atoms with Gasteiger partial charge in [-0.25, -0.2) is 0 Å².